The summed E-state index contributed by atoms with van der Waals surface area (Å²) >= 11 is 0. The van der Waals surface area contributed by atoms with E-state index < -0.39 is 12.0 Å². The van der Waals surface area contributed by atoms with Gasteiger partial charge in [0.25, 0.3) is 0 Å². The molecule has 2 aromatic heterocycles. The number of para-hydroxylation sites is 1. The van der Waals surface area contributed by atoms with E-state index in [-0.39, 0.29) is 5.92 Å². The zero-order valence-corrected chi connectivity index (χ0v) is 13.3. The molecule has 0 saturated heterocycles. The number of aryl methyl sites for hydroxylation is 1. The average Bonchev–Trinajstić information content (AvgIpc) is 2.90. The quantitative estimate of drug-likeness (QED) is 0.748. The van der Waals surface area contributed by atoms with E-state index in [1.54, 1.807) is 6.92 Å². The molecular weight excluding hydrogens is 294 g/mol. The normalized spacial score (nSPS) is 14.0. The van der Waals surface area contributed by atoms with Gasteiger partial charge in [-0.25, -0.2) is 14.8 Å². The molecule has 6 heteroatoms. The summed E-state index contributed by atoms with van der Waals surface area (Å²) in [4.78, 5) is 20.4. The Bertz CT molecular complexity index is 872. The molecule has 0 spiro atoms. The highest BCUT2D eigenvalue weighted by atomic mass is 16.4. The third-order valence-electron chi connectivity index (χ3n) is 4.10. The fraction of sp³-hybridized carbons (Fsp3) is 0.353. The fourth-order valence-corrected chi connectivity index (χ4v) is 2.63. The van der Waals surface area contributed by atoms with Crippen molar-refractivity contribution < 1.29 is 14.3 Å². The lowest BCUT2D eigenvalue weighted by Crippen LogP contribution is -2.35. The van der Waals surface area contributed by atoms with Crippen LogP contribution in [0.3, 0.4) is 0 Å². The van der Waals surface area contributed by atoms with Crippen molar-refractivity contribution in [1.29, 1.82) is 0 Å². The Morgan fingerprint density at radius 3 is 2.78 bits per heavy atom. The van der Waals surface area contributed by atoms with Crippen molar-refractivity contribution in [2.75, 3.05) is 5.32 Å². The van der Waals surface area contributed by atoms with Crippen molar-refractivity contribution in [3.05, 3.63) is 30.1 Å². The number of hydrogen-bond donors (Lipinski definition) is 2. The number of anilines is 1. The number of rotatable bonds is 5. The molecule has 6 nitrogen and oxygen atoms in total. The van der Waals surface area contributed by atoms with Crippen LogP contribution >= 0.6 is 0 Å². The largest absolute Gasteiger partial charge is 0.480 e. The van der Waals surface area contributed by atoms with E-state index in [0.29, 0.717) is 28.3 Å². The van der Waals surface area contributed by atoms with Gasteiger partial charge in [0.1, 0.15) is 23.0 Å². The number of carbonyl (C=O) groups is 1. The van der Waals surface area contributed by atoms with E-state index >= 15 is 0 Å². The lowest BCUT2D eigenvalue weighted by atomic mass is 9.99. The van der Waals surface area contributed by atoms with Crippen LogP contribution in [0.2, 0.25) is 0 Å². The Balaban J connectivity index is 2.15. The first-order valence-electron chi connectivity index (χ1n) is 7.66. The van der Waals surface area contributed by atoms with Gasteiger partial charge < -0.3 is 14.8 Å². The zero-order chi connectivity index (χ0) is 16.6. The highest BCUT2D eigenvalue weighted by molar-refractivity contribution is 6.05. The number of benzene rings is 1. The van der Waals surface area contributed by atoms with Crippen molar-refractivity contribution in [2.45, 2.75) is 33.2 Å². The Kier molecular flexibility index (Phi) is 3.90. The number of furan rings is 1. The van der Waals surface area contributed by atoms with E-state index in [9.17, 15) is 9.90 Å². The van der Waals surface area contributed by atoms with Gasteiger partial charge in [0.15, 0.2) is 11.4 Å². The molecule has 3 aromatic rings. The molecule has 3 rings (SSSR count). The smallest absolute Gasteiger partial charge is 0.326 e. The second-order valence-electron chi connectivity index (χ2n) is 5.74. The van der Waals surface area contributed by atoms with Gasteiger partial charge in [0.2, 0.25) is 0 Å². The van der Waals surface area contributed by atoms with Crippen LogP contribution in [0.25, 0.3) is 22.1 Å². The SMILES string of the molecule is CC[C@@H](C)[C@@H](Nc1nc(C)nc2c1oc1ccccc12)C(=O)O. The Morgan fingerprint density at radius 2 is 2.09 bits per heavy atom. The molecule has 2 N–H and O–H groups in total. The van der Waals surface area contributed by atoms with Gasteiger partial charge in [-0.2, -0.15) is 0 Å². The molecule has 0 amide bonds. The summed E-state index contributed by atoms with van der Waals surface area (Å²) in [5.74, 6) is 0.0540. The van der Waals surface area contributed by atoms with Crippen molar-refractivity contribution in [3.8, 4) is 0 Å². The summed E-state index contributed by atoms with van der Waals surface area (Å²) in [5, 5.41) is 13.4. The van der Waals surface area contributed by atoms with Crippen molar-refractivity contribution >= 4 is 33.9 Å². The van der Waals surface area contributed by atoms with Gasteiger partial charge >= 0.3 is 5.97 Å². The van der Waals surface area contributed by atoms with E-state index in [4.69, 9.17) is 4.42 Å². The predicted octanol–water partition coefficient (Wildman–Crippen LogP) is 3.60. The molecule has 1 aromatic carbocycles. The summed E-state index contributed by atoms with van der Waals surface area (Å²) in [5.41, 5.74) is 1.90. The highest BCUT2D eigenvalue weighted by Gasteiger charge is 2.26. The predicted molar refractivity (Wildman–Crippen MR) is 88.5 cm³/mol. The van der Waals surface area contributed by atoms with Crippen LogP contribution < -0.4 is 5.32 Å². The highest BCUT2D eigenvalue weighted by Crippen LogP contribution is 2.31. The van der Waals surface area contributed by atoms with E-state index in [1.165, 1.54) is 0 Å². The maximum Gasteiger partial charge on any atom is 0.326 e. The number of nitrogens with zero attached hydrogens (tertiary/aromatic N) is 2. The topological polar surface area (TPSA) is 88.3 Å². The Labute approximate surface area is 133 Å². The first-order chi connectivity index (χ1) is 11.0. The summed E-state index contributed by atoms with van der Waals surface area (Å²) < 4.78 is 5.85. The number of carboxylic acid groups (broad SMARTS) is 1. The van der Waals surface area contributed by atoms with Crippen LogP contribution in [-0.2, 0) is 4.79 Å². The minimum atomic E-state index is -0.903. The second kappa shape index (κ2) is 5.87. The number of carboxylic acids is 1. The third kappa shape index (κ3) is 2.72. The maximum absolute atomic E-state index is 11.6. The fourth-order valence-electron chi connectivity index (χ4n) is 2.63. The minimum absolute atomic E-state index is 0.0396. The van der Waals surface area contributed by atoms with E-state index in [2.05, 4.69) is 15.3 Å². The molecule has 0 saturated carbocycles. The number of fused-ring (bicyclic) bond motifs is 3. The lowest BCUT2D eigenvalue weighted by molar-refractivity contribution is -0.139. The Hall–Kier alpha value is -2.63. The van der Waals surface area contributed by atoms with Crippen LogP contribution in [0.15, 0.2) is 28.7 Å². The molecule has 0 unspecified atom stereocenters. The molecule has 0 aliphatic rings. The van der Waals surface area contributed by atoms with Crippen LogP contribution in [0.4, 0.5) is 5.82 Å². The van der Waals surface area contributed by atoms with E-state index in [1.807, 2.05) is 38.1 Å². The summed E-state index contributed by atoms with van der Waals surface area (Å²) in [7, 11) is 0. The van der Waals surface area contributed by atoms with Crippen molar-refractivity contribution in [2.24, 2.45) is 5.92 Å². The molecule has 0 aliphatic heterocycles. The zero-order valence-electron chi connectivity index (χ0n) is 13.3. The first kappa shape index (κ1) is 15.3. The van der Waals surface area contributed by atoms with Crippen LogP contribution in [0.5, 0.6) is 0 Å². The molecule has 23 heavy (non-hydrogen) atoms. The second-order valence-corrected chi connectivity index (χ2v) is 5.74. The van der Waals surface area contributed by atoms with Crippen molar-refractivity contribution in [3.63, 3.8) is 0 Å². The van der Waals surface area contributed by atoms with Gasteiger partial charge in [0, 0.05) is 5.39 Å². The van der Waals surface area contributed by atoms with Crippen LogP contribution in [-0.4, -0.2) is 27.1 Å². The van der Waals surface area contributed by atoms with Crippen molar-refractivity contribution in [1.82, 2.24) is 9.97 Å². The van der Waals surface area contributed by atoms with Gasteiger partial charge in [-0.15, -0.1) is 0 Å². The lowest BCUT2D eigenvalue weighted by Gasteiger charge is -2.20. The molecule has 120 valence electrons. The summed E-state index contributed by atoms with van der Waals surface area (Å²) in [6.07, 6.45) is 0.747. The summed E-state index contributed by atoms with van der Waals surface area (Å²) in [6, 6.07) is 6.86. The molecule has 2 heterocycles. The van der Waals surface area contributed by atoms with Gasteiger partial charge in [-0.05, 0) is 25.0 Å². The number of nitrogens with one attached hydrogen (secondary N) is 1. The molecule has 0 fully saturated rings. The summed E-state index contributed by atoms with van der Waals surface area (Å²) in [6.45, 7) is 5.64. The van der Waals surface area contributed by atoms with E-state index in [0.717, 1.165) is 11.8 Å². The molecule has 2 atom stereocenters. The molecule has 0 radical (unpaired) electrons. The number of aromatic nitrogens is 2. The maximum atomic E-state index is 11.6. The van der Waals surface area contributed by atoms with Crippen LogP contribution in [0.1, 0.15) is 26.1 Å². The number of hydrogen-bond acceptors (Lipinski definition) is 5. The first-order valence-corrected chi connectivity index (χ1v) is 7.66. The van der Waals surface area contributed by atoms with Gasteiger partial charge in [-0.3, -0.25) is 0 Å². The third-order valence-corrected chi connectivity index (χ3v) is 4.10. The molecule has 0 bridgehead atoms. The average molecular weight is 313 g/mol. The molecule has 0 aliphatic carbocycles. The minimum Gasteiger partial charge on any atom is -0.480 e. The molecular formula is C17H19N3O3. The van der Waals surface area contributed by atoms with Crippen LogP contribution in [0, 0.1) is 12.8 Å². The standard InChI is InChI=1S/C17H19N3O3/c1-4-9(2)13(17(21)22)20-16-15-14(18-10(3)19-16)11-7-5-6-8-12(11)23-15/h5-9,13H,4H2,1-3H3,(H,21,22)(H,18,19,20)/t9-,13-/m1/s1. The Morgan fingerprint density at radius 1 is 1.35 bits per heavy atom. The number of aliphatic carboxylic acids is 1. The van der Waals surface area contributed by atoms with Gasteiger partial charge in [0.05, 0.1) is 0 Å². The van der Waals surface area contributed by atoms with Gasteiger partial charge in [-0.1, -0.05) is 32.4 Å². The monoisotopic (exact) mass is 313 g/mol.